The molecule has 3 heteroatoms. The summed E-state index contributed by atoms with van der Waals surface area (Å²) in [6.45, 7) is 3.52. The molecule has 0 aromatic carbocycles. The quantitative estimate of drug-likeness (QED) is 0.353. The summed E-state index contributed by atoms with van der Waals surface area (Å²) in [7, 11) is 0. The lowest BCUT2D eigenvalue weighted by molar-refractivity contribution is -0.112. The molecule has 0 aliphatic carbocycles. The molecule has 0 atom stereocenters. The number of rotatable bonds is 3. The number of carbonyl (C=O) groups excluding carboxylic acids is 1. The van der Waals surface area contributed by atoms with Gasteiger partial charge in [-0.2, -0.15) is 0 Å². The molecule has 0 saturated carbocycles. The van der Waals surface area contributed by atoms with Crippen molar-refractivity contribution < 1.29 is 10.0 Å². The van der Waals surface area contributed by atoms with Crippen molar-refractivity contribution in [1.82, 2.24) is 0 Å². The van der Waals surface area contributed by atoms with Gasteiger partial charge in [0.25, 0.3) is 0 Å². The maximum absolute atomic E-state index is 10.7. The normalized spacial score (nSPS) is 11.6. The van der Waals surface area contributed by atoms with Gasteiger partial charge in [0.15, 0.2) is 5.78 Å². The van der Waals surface area contributed by atoms with Gasteiger partial charge in [-0.25, -0.2) is 0 Å². The highest BCUT2D eigenvalue weighted by molar-refractivity contribution is 6.39. The molecule has 0 aromatic rings. The fourth-order valence-corrected chi connectivity index (χ4v) is 0.528. The van der Waals surface area contributed by atoms with Crippen LogP contribution in [0.4, 0.5) is 0 Å². The Kier molecular flexibility index (Phi) is 3.67. The van der Waals surface area contributed by atoms with Crippen LogP contribution in [0.15, 0.2) is 5.16 Å². The molecule has 52 valence electrons. The van der Waals surface area contributed by atoms with Crippen LogP contribution in [0.1, 0.15) is 26.7 Å². The van der Waals surface area contributed by atoms with Crippen LogP contribution in [0.3, 0.4) is 0 Å². The third kappa shape index (κ3) is 2.26. The lowest BCUT2D eigenvalue weighted by Crippen LogP contribution is -2.10. The van der Waals surface area contributed by atoms with E-state index in [1.165, 1.54) is 0 Å². The van der Waals surface area contributed by atoms with E-state index in [4.69, 9.17) is 5.21 Å². The van der Waals surface area contributed by atoms with E-state index in [2.05, 4.69) is 5.16 Å². The monoisotopic (exact) mass is 129 g/mol. The predicted octanol–water partition coefficient (Wildman–Crippen LogP) is 1.21. The van der Waals surface area contributed by atoms with E-state index in [0.717, 1.165) is 0 Å². The molecule has 0 aliphatic rings. The second kappa shape index (κ2) is 4.06. The number of nitrogens with zero attached hydrogens (tertiary/aromatic N) is 1. The summed E-state index contributed by atoms with van der Waals surface area (Å²) < 4.78 is 0. The van der Waals surface area contributed by atoms with Crippen LogP contribution in [0.2, 0.25) is 0 Å². The maximum Gasteiger partial charge on any atom is 0.180 e. The van der Waals surface area contributed by atoms with Crippen molar-refractivity contribution in [2.45, 2.75) is 26.7 Å². The van der Waals surface area contributed by atoms with Gasteiger partial charge < -0.3 is 5.21 Å². The van der Waals surface area contributed by atoms with Crippen molar-refractivity contribution in [3.05, 3.63) is 0 Å². The Labute approximate surface area is 54.4 Å². The fourth-order valence-electron chi connectivity index (χ4n) is 0.528. The van der Waals surface area contributed by atoms with Gasteiger partial charge in [-0.05, 0) is 6.42 Å². The van der Waals surface area contributed by atoms with Crippen LogP contribution < -0.4 is 0 Å². The van der Waals surface area contributed by atoms with E-state index in [-0.39, 0.29) is 11.5 Å². The van der Waals surface area contributed by atoms with Crippen molar-refractivity contribution in [2.75, 3.05) is 0 Å². The highest BCUT2D eigenvalue weighted by Gasteiger charge is 2.05. The second-order valence-corrected chi connectivity index (χ2v) is 1.68. The van der Waals surface area contributed by atoms with Gasteiger partial charge in [0.2, 0.25) is 0 Å². The summed E-state index contributed by atoms with van der Waals surface area (Å²) in [5.41, 5.74) is 0.262. The number of oxime groups is 1. The molecule has 3 nitrogen and oxygen atoms in total. The van der Waals surface area contributed by atoms with Crippen molar-refractivity contribution >= 4 is 11.5 Å². The summed E-state index contributed by atoms with van der Waals surface area (Å²) >= 11 is 0. The van der Waals surface area contributed by atoms with Gasteiger partial charge in [0, 0.05) is 6.42 Å². The number of ketones is 1. The molecule has 0 amide bonds. The molecule has 0 spiro atoms. The Morgan fingerprint density at radius 3 is 2.11 bits per heavy atom. The lowest BCUT2D eigenvalue weighted by atomic mass is 10.1. The Hall–Kier alpha value is -0.860. The van der Waals surface area contributed by atoms with E-state index >= 15 is 0 Å². The molecule has 0 rings (SSSR count). The van der Waals surface area contributed by atoms with E-state index in [1.807, 2.05) is 0 Å². The molecular formula is C6H11NO2. The minimum Gasteiger partial charge on any atom is -0.411 e. The summed E-state index contributed by atoms with van der Waals surface area (Å²) in [6.07, 6.45) is 0.913. The molecule has 0 aromatic heterocycles. The van der Waals surface area contributed by atoms with Gasteiger partial charge in [-0.15, -0.1) is 0 Å². The topological polar surface area (TPSA) is 49.7 Å². The first-order valence-corrected chi connectivity index (χ1v) is 3.00. The van der Waals surface area contributed by atoms with Crippen LogP contribution in [-0.2, 0) is 4.79 Å². The lowest BCUT2D eigenvalue weighted by Gasteiger charge is -1.93. The second-order valence-electron chi connectivity index (χ2n) is 1.68. The van der Waals surface area contributed by atoms with Gasteiger partial charge in [0.1, 0.15) is 5.71 Å². The van der Waals surface area contributed by atoms with Gasteiger partial charge in [-0.3, -0.25) is 4.79 Å². The molecule has 0 heterocycles. The smallest absolute Gasteiger partial charge is 0.180 e. The average Bonchev–Trinajstić information content (AvgIpc) is 1.90. The third-order valence-corrected chi connectivity index (χ3v) is 1.10. The minimum atomic E-state index is -0.0833. The fraction of sp³-hybridized carbons (Fsp3) is 0.667. The molecular weight excluding hydrogens is 118 g/mol. The van der Waals surface area contributed by atoms with Crippen LogP contribution in [0.5, 0.6) is 0 Å². The summed E-state index contributed by atoms with van der Waals surface area (Å²) in [5, 5.41) is 11.0. The molecule has 0 bridgehead atoms. The zero-order chi connectivity index (χ0) is 7.28. The summed E-state index contributed by atoms with van der Waals surface area (Å²) in [5.74, 6) is -0.0833. The standard InChI is InChI=1S/C6H11NO2/c1-3-5(7-9)6(8)4-2/h9H,3-4H2,1-2H3. The first-order chi connectivity index (χ1) is 4.26. The molecule has 1 N–H and O–H groups in total. The Bertz CT molecular complexity index is 129. The SMILES string of the molecule is CCC(=O)C(CC)=NO. The number of carbonyl (C=O) groups is 1. The van der Waals surface area contributed by atoms with Gasteiger partial charge in [-0.1, -0.05) is 19.0 Å². The summed E-state index contributed by atoms with van der Waals surface area (Å²) in [6, 6.07) is 0. The first kappa shape index (κ1) is 8.14. The molecule has 0 radical (unpaired) electrons. The molecule has 0 unspecified atom stereocenters. The Balaban J connectivity index is 3.97. The average molecular weight is 129 g/mol. The van der Waals surface area contributed by atoms with Crippen molar-refractivity contribution in [3.8, 4) is 0 Å². The van der Waals surface area contributed by atoms with Crippen molar-refractivity contribution in [1.29, 1.82) is 0 Å². The zero-order valence-electron chi connectivity index (χ0n) is 5.72. The molecule has 0 aliphatic heterocycles. The Morgan fingerprint density at radius 2 is 2.00 bits per heavy atom. The molecule has 0 saturated heterocycles. The van der Waals surface area contributed by atoms with E-state index < -0.39 is 0 Å². The highest BCUT2D eigenvalue weighted by Crippen LogP contribution is 1.90. The summed E-state index contributed by atoms with van der Waals surface area (Å²) in [4.78, 5) is 10.7. The van der Waals surface area contributed by atoms with E-state index in [1.54, 1.807) is 13.8 Å². The number of hydrogen-bond acceptors (Lipinski definition) is 3. The molecule has 9 heavy (non-hydrogen) atoms. The zero-order valence-corrected chi connectivity index (χ0v) is 5.72. The third-order valence-electron chi connectivity index (χ3n) is 1.10. The van der Waals surface area contributed by atoms with E-state index in [0.29, 0.717) is 12.8 Å². The van der Waals surface area contributed by atoms with Crippen molar-refractivity contribution in [2.24, 2.45) is 5.16 Å². The van der Waals surface area contributed by atoms with E-state index in [9.17, 15) is 4.79 Å². The van der Waals surface area contributed by atoms with Crippen LogP contribution in [-0.4, -0.2) is 16.7 Å². The first-order valence-electron chi connectivity index (χ1n) is 3.00. The maximum atomic E-state index is 10.7. The Morgan fingerprint density at radius 1 is 1.44 bits per heavy atom. The van der Waals surface area contributed by atoms with Crippen LogP contribution in [0.25, 0.3) is 0 Å². The van der Waals surface area contributed by atoms with Gasteiger partial charge in [0.05, 0.1) is 0 Å². The largest absolute Gasteiger partial charge is 0.411 e. The van der Waals surface area contributed by atoms with Crippen LogP contribution in [0, 0.1) is 0 Å². The number of hydrogen-bond donors (Lipinski definition) is 1. The minimum absolute atomic E-state index is 0.0833. The van der Waals surface area contributed by atoms with Crippen molar-refractivity contribution in [3.63, 3.8) is 0 Å². The van der Waals surface area contributed by atoms with Gasteiger partial charge >= 0.3 is 0 Å². The molecule has 0 fully saturated rings. The predicted molar refractivity (Wildman–Crippen MR) is 34.8 cm³/mol. The van der Waals surface area contributed by atoms with Crippen LogP contribution >= 0.6 is 0 Å². The highest BCUT2D eigenvalue weighted by atomic mass is 16.4. The number of Topliss-reactive ketones (excluding diaryl/α,β-unsaturated/α-hetero) is 1.